The molecule has 0 aliphatic carbocycles. The van der Waals surface area contributed by atoms with Gasteiger partial charge < -0.3 is 15.2 Å². The van der Waals surface area contributed by atoms with Crippen molar-refractivity contribution in [3.05, 3.63) is 23.4 Å². The topological polar surface area (TPSA) is 88.5 Å². The third-order valence-corrected chi connectivity index (χ3v) is 4.97. The Hall–Kier alpha value is -1.19. The number of hydrogen-bond donors (Lipinski definition) is 1. The average Bonchev–Trinajstić information content (AvgIpc) is 3.24. The van der Waals surface area contributed by atoms with Gasteiger partial charge in [-0.3, -0.25) is 9.69 Å². The summed E-state index contributed by atoms with van der Waals surface area (Å²) in [5.74, 6) is 1.46. The molecule has 1 unspecified atom stereocenters. The average molecular weight is 422 g/mol. The molecular formula is C16H25Cl2N5O2S. The van der Waals surface area contributed by atoms with Crippen molar-refractivity contribution < 1.29 is 9.32 Å². The van der Waals surface area contributed by atoms with Crippen LogP contribution in [0, 0.1) is 0 Å². The molecule has 1 aliphatic rings. The Bertz CT molecular complexity index is 657. The van der Waals surface area contributed by atoms with Crippen LogP contribution in [0.4, 0.5) is 0 Å². The number of nitrogens with two attached hydrogens (primary N) is 1. The zero-order chi connectivity index (χ0) is 16.9. The summed E-state index contributed by atoms with van der Waals surface area (Å²) in [6.45, 7) is 5.68. The monoisotopic (exact) mass is 421 g/mol. The van der Waals surface area contributed by atoms with Crippen LogP contribution in [-0.2, 0) is 11.3 Å². The number of nitrogens with zero attached hydrogens (tertiary/aromatic N) is 4. The maximum absolute atomic E-state index is 12.1. The molecule has 1 amide bonds. The second-order valence-corrected chi connectivity index (χ2v) is 7.11. The minimum atomic E-state index is 0. The summed E-state index contributed by atoms with van der Waals surface area (Å²) >= 11 is 1.59. The van der Waals surface area contributed by atoms with Gasteiger partial charge in [0.15, 0.2) is 0 Å². The van der Waals surface area contributed by atoms with Gasteiger partial charge in [-0.1, -0.05) is 11.2 Å². The van der Waals surface area contributed by atoms with Gasteiger partial charge >= 0.3 is 0 Å². The summed E-state index contributed by atoms with van der Waals surface area (Å²) in [6.07, 6.45) is 1.28. The molecule has 2 N–H and O–H groups in total. The number of carbonyl (C=O) groups is 1. The molecule has 0 aromatic carbocycles. The van der Waals surface area contributed by atoms with Gasteiger partial charge in [-0.05, 0) is 24.8 Å². The normalized spacial score (nSPS) is 15.8. The van der Waals surface area contributed by atoms with Crippen molar-refractivity contribution in [1.82, 2.24) is 19.9 Å². The summed E-state index contributed by atoms with van der Waals surface area (Å²) in [5, 5.41) is 6.02. The molecule has 7 nitrogen and oxygen atoms in total. The fourth-order valence-electron chi connectivity index (χ4n) is 2.68. The number of amides is 1. The van der Waals surface area contributed by atoms with Crippen molar-refractivity contribution in [2.75, 3.05) is 26.2 Å². The molecule has 1 aliphatic heterocycles. The molecule has 3 rings (SSSR count). The molecule has 0 radical (unpaired) electrons. The lowest BCUT2D eigenvalue weighted by atomic mass is 10.1. The predicted molar refractivity (Wildman–Crippen MR) is 107 cm³/mol. The standard InChI is InChI=1S/C16H23N5O2S.2ClH/c1-12(17)4-5-15(22)21-8-6-20(7-9-21)11-14-18-16(19-23-14)13-3-2-10-24-13;;/h2-3,10,12H,4-9,11,17H2,1H3;2*1H. The molecule has 146 valence electrons. The molecule has 10 heteroatoms. The number of aromatic nitrogens is 2. The van der Waals surface area contributed by atoms with E-state index >= 15 is 0 Å². The Morgan fingerprint density at radius 3 is 2.69 bits per heavy atom. The van der Waals surface area contributed by atoms with E-state index in [2.05, 4.69) is 15.0 Å². The smallest absolute Gasteiger partial charge is 0.241 e. The first-order valence-electron chi connectivity index (χ1n) is 8.24. The second-order valence-electron chi connectivity index (χ2n) is 6.16. The van der Waals surface area contributed by atoms with Gasteiger partial charge in [0, 0.05) is 38.6 Å². The SMILES string of the molecule is CC(N)CCC(=O)N1CCN(Cc2nc(-c3cccs3)no2)CC1.Cl.Cl. The quantitative estimate of drug-likeness (QED) is 0.769. The van der Waals surface area contributed by atoms with Crippen LogP contribution in [-0.4, -0.2) is 58.1 Å². The highest BCUT2D eigenvalue weighted by molar-refractivity contribution is 7.13. The van der Waals surface area contributed by atoms with Gasteiger partial charge in [0.25, 0.3) is 0 Å². The lowest BCUT2D eigenvalue weighted by Crippen LogP contribution is -2.48. The van der Waals surface area contributed by atoms with Gasteiger partial charge in [-0.2, -0.15) is 4.98 Å². The van der Waals surface area contributed by atoms with Crippen molar-refractivity contribution in [3.8, 4) is 10.7 Å². The molecule has 1 fully saturated rings. The number of halogens is 2. The second kappa shape index (κ2) is 10.8. The fourth-order valence-corrected chi connectivity index (χ4v) is 3.33. The molecule has 26 heavy (non-hydrogen) atoms. The van der Waals surface area contributed by atoms with Crippen molar-refractivity contribution in [2.24, 2.45) is 5.73 Å². The Kier molecular flexibility index (Phi) is 9.52. The van der Waals surface area contributed by atoms with Crippen molar-refractivity contribution >= 4 is 42.1 Å². The van der Waals surface area contributed by atoms with E-state index in [9.17, 15) is 4.79 Å². The van der Waals surface area contributed by atoms with Crippen LogP contribution < -0.4 is 5.73 Å². The van der Waals surface area contributed by atoms with Crippen LogP contribution in [0.3, 0.4) is 0 Å². The van der Waals surface area contributed by atoms with E-state index in [4.69, 9.17) is 10.3 Å². The first-order chi connectivity index (χ1) is 11.6. The third-order valence-electron chi connectivity index (χ3n) is 4.11. The first kappa shape index (κ1) is 22.9. The largest absolute Gasteiger partial charge is 0.340 e. The summed E-state index contributed by atoms with van der Waals surface area (Å²) in [7, 11) is 0. The summed E-state index contributed by atoms with van der Waals surface area (Å²) in [4.78, 5) is 21.7. The van der Waals surface area contributed by atoms with E-state index in [1.54, 1.807) is 11.3 Å². The first-order valence-corrected chi connectivity index (χ1v) is 9.12. The van der Waals surface area contributed by atoms with Gasteiger partial charge in [-0.25, -0.2) is 0 Å². The highest BCUT2D eigenvalue weighted by atomic mass is 35.5. The highest BCUT2D eigenvalue weighted by Crippen LogP contribution is 2.21. The third kappa shape index (κ3) is 6.21. The van der Waals surface area contributed by atoms with Crippen molar-refractivity contribution in [3.63, 3.8) is 0 Å². The summed E-state index contributed by atoms with van der Waals surface area (Å²) < 4.78 is 5.34. The summed E-state index contributed by atoms with van der Waals surface area (Å²) in [5.41, 5.74) is 5.71. The van der Waals surface area contributed by atoms with E-state index in [0.29, 0.717) is 24.7 Å². The molecule has 0 saturated carbocycles. The van der Waals surface area contributed by atoms with E-state index in [0.717, 1.165) is 37.5 Å². The number of hydrogen-bond acceptors (Lipinski definition) is 7. The lowest BCUT2D eigenvalue weighted by Gasteiger charge is -2.34. The van der Waals surface area contributed by atoms with Crippen LogP contribution in [0.5, 0.6) is 0 Å². The molecule has 0 spiro atoms. The molecular weight excluding hydrogens is 397 g/mol. The fraction of sp³-hybridized carbons (Fsp3) is 0.562. The molecule has 1 saturated heterocycles. The van der Waals surface area contributed by atoms with Crippen LogP contribution in [0.2, 0.25) is 0 Å². The number of thiophene rings is 1. The minimum Gasteiger partial charge on any atom is -0.340 e. The molecule has 2 aromatic heterocycles. The zero-order valence-electron chi connectivity index (χ0n) is 14.7. The number of piperazine rings is 1. The van der Waals surface area contributed by atoms with E-state index in [1.807, 2.05) is 29.3 Å². The lowest BCUT2D eigenvalue weighted by molar-refractivity contribution is -0.133. The maximum Gasteiger partial charge on any atom is 0.241 e. The highest BCUT2D eigenvalue weighted by Gasteiger charge is 2.22. The predicted octanol–water partition coefficient (Wildman–Crippen LogP) is 2.41. The van der Waals surface area contributed by atoms with Gasteiger partial charge in [-0.15, -0.1) is 36.2 Å². The van der Waals surface area contributed by atoms with Crippen LogP contribution in [0.15, 0.2) is 22.0 Å². The Morgan fingerprint density at radius 1 is 1.35 bits per heavy atom. The van der Waals surface area contributed by atoms with Crippen LogP contribution >= 0.6 is 36.2 Å². The van der Waals surface area contributed by atoms with Crippen molar-refractivity contribution in [2.45, 2.75) is 32.4 Å². The molecule has 2 aromatic rings. The Labute approximate surface area is 169 Å². The van der Waals surface area contributed by atoms with Gasteiger partial charge in [0.1, 0.15) is 0 Å². The maximum atomic E-state index is 12.1. The summed E-state index contributed by atoms with van der Waals surface area (Å²) in [6, 6.07) is 4.02. The van der Waals surface area contributed by atoms with Crippen LogP contribution in [0.25, 0.3) is 10.7 Å². The van der Waals surface area contributed by atoms with E-state index in [1.165, 1.54) is 0 Å². The van der Waals surface area contributed by atoms with Crippen LogP contribution in [0.1, 0.15) is 25.7 Å². The molecule has 0 bridgehead atoms. The minimum absolute atomic E-state index is 0. The number of rotatable bonds is 6. The van der Waals surface area contributed by atoms with Gasteiger partial charge in [0.05, 0.1) is 11.4 Å². The van der Waals surface area contributed by atoms with Crippen molar-refractivity contribution in [1.29, 1.82) is 0 Å². The van der Waals surface area contributed by atoms with Gasteiger partial charge in [0.2, 0.25) is 17.6 Å². The Balaban J connectivity index is 0.00000169. The zero-order valence-corrected chi connectivity index (χ0v) is 17.1. The Morgan fingerprint density at radius 2 is 2.08 bits per heavy atom. The van der Waals surface area contributed by atoms with E-state index < -0.39 is 0 Å². The van der Waals surface area contributed by atoms with E-state index in [-0.39, 0.29) is 36.8 Å². The molecule has 1 atom stereocenters. The molecule has 3 heterocycles. The number of carbonyl (C=O) groups excluding carboxylic acids is 1.